The van der Waals surface area contributed by atoms with E-state index < -0.39 is 0 Å². The molecule has 3 heteroatoms. The Kier molecular flexibility index (Phi) is 4.62. The van der Waals surface area contributed by atoms with Crippen LogP contribution in [0.15, 0.2) is 12.1 Å². The van der Waals surface area contributed by atoms with Gasteiger partial charge in [0.1, 0.15) is 6.10 Å². The Morgan fingerprint density at radius 1 is 1.14 bits per heavy atom. The number of ether oxygens (including phenoxy) is 1. The molecule has 1 aromatic heterocycles. The highest BCUT2D eigenvalue weighted by Crippen LogP contribution is 2.28. The van der Waals surface area contributed by atoms with Crippen LogP contribution >= 0.6 is 0 Å². The molecule has 118 valence electrons. The lowest BCUT2D eigenvalue weighted by Gasteiger charge is -2.28. The van der Waals surface area contributed by atoms with Crippen LogP contribution in [-0.2, 0) is 12.0 Å². The standard InChI is InChI=1S/C18H30N2O/c1-17(2,3)15-10-13(12-19-18(4,5)6)11-16(20-15)21-14-8-7-9-14/h10-11,14,19H,7-9,12H2,1-6H3. The number of hydrogen-bond acceptors (Lipinski definition) is 3. The monoisotopic (exact) mass is 290 g/mol. The molecule has 0 saturated heterocycles. The zero-order valence-electron chi connectivity index (χ0n) is 14.4. The normalized spacial score (nSPS) is 16.7. The van der Waals surface area contributed by atoms with Crippen LogP contribution in [0.4, 0.5) is 0 Å². The Balaban J connectivity index is 2.19. The lowest BCUT2D eigenvalue weighted by Crippen LogP contribution is -2.35. The highest BCUT2D eigenvalue weighted by atomic mass is 16.5. The van der Waals surface area contributed by atoms with E-state index in [0.717, 1.165) is 31.0 Å². The number of pyridine rings is 1. The van der Waals surface area contributed by atoms with Crippen molar-refractivity contribution in [2.24, 2.45) is 0 Å². The Morgan fingerprint density at radius 2 is 1.81 bits per heavy atom. The Bertz CT molecular complexity index is 479. The van der Waals surface area contributed by atoms with Crippen molar-refractivity contribution >= 4 is 0 Å². The summed E-state index contributed by atoms with van der Waals surface area (Å²) in [6.45, 7) is 14.0. The van der Waals surface area contributed by atoms with Gasteiger partial charge in [-0.05, 0) is 51.7 Å². The maximum atomic E-state index is 6.02. The molecule has 0 atom stereocenters. The van der Waals surface area contributed by atoms with Gasteiger partial charge in [-0.2, -0.15) is 0 Å². The minimum atomic E-state index is 0.0372. The van der Waals surface area contributed by atoms with Crippen LogP contribution < -0.4 is 10.1 Å². The van der Waals surface area contributed by atoms with E-state index in [4.69, 9.17) is 9.72 Å². The van der Waals surface area contributed by atoms with Crippen LogP contribution in [0, 0.1) is 0 Å². The highest BCUT2D eigenvalue weighted by Gasteiger charge is 2.22. The summed E-state index contributed by atoms with van der Waals surface area (Å²) in [6, 6.07) is 4.29. The van der Waals surface area contributed by atoms with Gasteiger partial charge >= 0.3 is 0 Å². The molecule has 1 N–H and O–H groups in total. The molecule has 1 saturated carbocycles. The van der Waals surface area contributed by atoms with Gasteiger partial charge in [-0.3, -0.25) is 0 Å². The first-order valence-corrected chi connectivity index (χ1v) is 8.07. The highest BCUT2D eigenvalue weighted by molar-refractivity contribution is 5.29. The number of aromatic nitrogens is 1. The van der Waals surface area contributed by atoms with Gasteiger partial charge in [0.25, 0.3) is 0 Å². The molecule has 1 aliphatic rings. The molecule has 1 fully saturated rings. The van der Waals surface area contributed by atoms with Gasteiger partial charge in [-0.15, -0.1) is 0 Å². The Hall–Kier alpha value is -1.09. The first-order chi connectivity index (χ1) is 9.63. The third-order valence-electron chi connectivity index (χ3n) is 3.79. The van der Waals surface area contributed by atoms with Gasteiger partial charge in [0.2, 0.25) is 5.88 Å². The summed E-state index contributed by atoms with van der Waals surface area (Å²) in [5.74, 6) is 0.790. The summed E-state index contributed by atoms with van der Waals surface area (Å²) in [7, 11) is 0. The van der Waals surface area contributed by atoms with Gasteiger partial charge in [0.15, 0.2) is 0 Å². The maximum absolute atomic E-state index is 6.02. The van der Waals surface area contributed by atoms with Gasteiger partial charge in [0, 0.05) is 23.6 Å². The molecule has 0 aliphatic heterocycles. The van der Waals surface area contributed by atoms with Crippen LogP contribution in [0.2, 0.25) is 0 Å². The fourth-order valence-electron chi connectivity index (χ4n) is 2.13. The lowest BCUT2D eigenvalue weighted by atomic mass is 9.90. The number of rotatable bonds is 4. The second-order valence-corrected chi connectivity index (χ2v) is 8.22. The van der Waals surface area contributed by atoms with Gasteiger partial charge in [0.05, 0.1) is 5.69 Å². The summed E-state index contributed by atoms with van der Waals surface area (Å²) < 4.78 is 6.02. The van der Waals surface area contributed by atoms with Crippen molar-refractivity contribution < 1.29 is 4.74 Å². The number of hydrogen-bond donors (Lipinski definition) is 1. The number of nitrogens with one attached hydrogen (secondary N) is 1. The largest absolute Gasteiger partial charge is 0.474 e. The zero-order chi connectivity index (χ0) is 15.7. The molecular weight excluding hydrogens is 260 g/mol. The third-order valence-corrected chi connectivity index (χ3v) is 3.79. The average molecular weight is 290 g/mol. The van der Waals surface area contributed by atoms with Gasteiger partial charge in [-0.25, -0.2) is 4.98 Å². The molecule has 21 heavy (non-hydrogen) atoms. The fraction of sp³-hybridized carbons (Fsp3) is 0.722. The van der Waals surface area contributed by atoms with Gasteiger partial charge in [-0.1, -0.05) is 20.8 Å². The molecule has 0 unspecified atom stereocenters. The van der Waals surface area contributed by atoms with Crippen LogP contribution in [0.3, 0.4) is 0 Å². The van der Waals surface area contributed by atoms with Gasteiger partial charge < -0.3 is 10.1 Å². The molecule has 0 spiro atoms. The smallest absolute Gasteiger partial charge is 0.214 e. The van der Waals surface area contributed by atoms with Crippen molar-refractivity contribution in [3.8, 4) is 5.88 Å². The SMILES string of the molecule is CC(C)(C)NCc1cc(OC2CCC2)nc(C(C)(C)C)c1. The van der Waals surface area contributed by atoms with Crippen molar-refractivity contribution in [3.05, 3.63) is 23.4 Å². The molecule has 0 amide bonds. The van der Waals surface area contributed by atoms with Crippen molar-refractivity contribution in [1.29, 1.82) is 0 Å². The summed E-state index contributed by atoms with van der Waals surface area (Å²) >= 11 is 0. The molecule has 1 aliphatic carbocycles. The Morgan fingerprint density at radius 3 is 2.29 bits per heavy atom. The second-order valence-electron chi connectivity index (χ2n) is 8.22. The van der Waals surface area contributed by atoms with E-state index in [2.05, 4.69) is 59.0 Å². The quantitative estimate of drug-likeness (QED) is 0.902. The third kappa shape index (κ3) is 4.99. The lowest BCUT2D eigenvalue weighted by molar-refractivity contribution is 0.114. The van der Waals surface area contributed by atoms with Crippen molar-refractivity contribution in [2.75, 3.05) is 0 Å². The van der Waals surface area contributed by atoms with Crippen LogP contribution in [0.5, 0.6) is 5.88 Å². The van der Waals surface area contributed by atoms with Crippen molar-refractivity contribution in [2.45, 2.75) is 84.4 Å². The van der Waals surface area contributed by atoms with Crippen LogP contribution in [0.25, 0.3) is 0 Å². The van der Waals surface area contributed by atoms with E-state index >= 15 is 0 Å². The van der Waals surface area contributed by atoms with E-state index in [1.165, 1.54) is 12.0 Å². The molecule has 3 nitrogen and oxygen atoms in total. The average Bonchev–Trinajstić information content (AvgIpc) is 2.29. The number of nitrogens with zero attached hydrogens (tertiary/aromatic N) is 1. The summed E-state index contributed by atoms with van der Waals surface area (Å²) in [5.41, 5.74) is 2.50. The van der Waals surface area contributed by atoms with Crippen LogP contribution in [0.1, 0.15) is 72.1 Å². The van der Waals surface area contributed by atoms with E-state index in [1.807, 2.05) is 0 Å². The maximum Gasteiger partial charge on any atom is 0.214 e. The molecule has 0 bridgehead atoms. The van der Waals surface area contributed by atoms with Crippen molar-refractivity contribution in [1.82, 2.24) is 10.3 Å². The van der Waals surface area contributed by atoms with E-state index in [-0.39, 0.29) is 11.0 Å². The van der Waals surface area contributed by atoms with E-state index in [1.54, 1.807) is 0 Å². The minimum absolute atomic E-state index is 0.0372. The molecule has 1 heterocycles. The second kappa shape index (κ2) is 5.96. The molecule has 0 radical (unpaired) electrons. The minimum Gasteiger partial charge on any atom is -0.474 e. The fourth-order valence-corrected chi connectivity index (χ4v) is 2.13. The van der Waals surface area contributed by atoms with Crippen molar-refractivity contribution in [3.63, 3.8) is 0 Å². The topological polar surface area (TPSA) is 34.1 Å². The molecule has 1 aromatic rings. The summed E-state index contributed by atoms with van der Waals surface area (Å²) in [5, 5.41) is 3.54. The molecular formula is C18H30N2O. The predicted molar refractivity (Wildman–Crippen MR) is 87.8 cm³/mol. The predicted octanol–water partition coefficient (Wildman–Crippen LogP) is 4.20. The summed E-state index contributed by atoms with van der Waals surface area (Å²) in [6.07, 6.45) is 3.98. The zero-order valence-corrected chi connectivity index (χ0v) is 14.4. The first-order valence-electron chi connectivity index (χ1n) is 8.07. The summed E-state index contributed by atoms with van der Waals surface area (Å²) in [4.78, 5) is 4.72. The first kappa shape index (κ1) is 16.3. The Labute approximate surface area is 129 Å². The molecule has 0 aromatic carbocycles. The van der Waals surface area contributed by atoms with E-state index in [0.29, 0.717) is 6.10 Å². The molecule has 2 rings (SSSR count). The van der Waals surface area contributed by atoms with E-state index in [9.17, 15) is 0 Å². The van der Waals surface area contributed by atoms with Crippen LogP contribution in [-0.4, -0.2) is 16.6 Å².